The highest BCUT2D eigenvalue weighted by Crippen LogP contribution is 2.30. The molecule has 2 aliphatic rings. The molecule has 0 aromatic heterocycles. The van der Waals surface area contributed by atoms with Crippen molar-refractivity contribution in [3.05, 3.63) is 24.3 Å². The zero-order valence-corrected chi connectivity index (χ0v) is 17.8. The highest BCUT2D eigenvalue weighted by molar-refractivity contribution is 8.24. The number of benzene rings is 1. The molecule has 0 radical (unpaired) electrons. The molecule has 1 atom stereocenters. The van der Waals surface area contributed by atoms with Crippen LogP contribution in [0.15, 0.2) is 24.3 Å². The van der Waals surface area contributed by atoms with E-state index in [9.17, 15) is 9.59 Å². The summed E-state index contributed by atoms with van der Waals surface area (Å²) in [5.41, 5.74) is 1.12. The Labute approximate surface area is 174 Å². The molecule has 152 valence electrons. The number of rotatable bonds is 7. The van der Waals surface area contributed by atoms with Crippen molar-refractivity contribution in [1.29, 1.82) is 0 Å². The smallest absolute Gasteiger partial charge is 0.242 e. The molecular weight excluding hydrogens is 398 g/mol. The molecule has 2 heterocycles. The van der Waals surface area contributed by atoms with Crippen molar-refractivity contribution in [2.45, 2.75) is 11.7 Å². The van der Waals surface area contributed by atoms with Crippen LogP contribution in [0.4, 0.5) is 5.69 Å². The summed E-state index contributed by atoms with van der Waals surface area (Å²) >= 11 is 6.58. The highest BCUT2D eigenvalue weighted by Gasteiger charge is 2.38. The van der Waals surface area contributed by atoms with E-state index in [1.807, 2.05) is 29.2 Å². The van der Waals surface area contributed by atoms with Gasteiger partial charge >= 0.3 is 0 Å². The Morgan fingerprint density at radius 3 is 2.46 bits per heavy atom. The SMILES string of the molecule is COCCN1C(=O)C(CC(=O)N2CCN(c3ccc(OC)cc3)CC2)SC1=S. The van der Waals surface area contributed by atoms with Gasteiger partial charge in [-0.25, -0.2) is 0 Å². The monoisotopic (exact) mass is 423 g/mol. The van der Waals surface area contributed by atoms with Crippen LogP contribution in [0.5, 0.6) is 5.75 Å². The van der Waals surface area contributed by atoms with Crippen molar-refractivity contribution in [3.63, 3.8) is 0 Å². The van der Waals surface area contributed by atoms with Gasteiger partial charge in [-0.2, -0.15) is 0 Å². The molecule has 3 rings (SSSR count). The summed E-state index contributed by atoms with van der Waals surface area (Å²) in [7, 11) is 3.24. The van der Waals surface area contributed by atoms with E-state index in [-0.39, 0.29) is 18.2 Å². The maximum absolute atomic E-state index is 12.7. The average molecular weight is 424 g/mol. The number of hydrogen-bond acceptors (Lipinski definition) is 7. The van der Waals surface area contributed by atoms with Crippen molar-refractivity contribution >= 4 is 45.8 Å². The Morgan fingerprint density at radius 2 is 1.86 bits per heavy atom. The third-order valence-corrected chi connectivity index (χ3v) is 6.54. The van der Waals surface area contributed by atoms with Gasteiger partial charge in [0.05, 0.1) is 25.5 Å². The Hall–Kier alpha value is -1.84. The Morgan fingerprint density at radius 1 is 1.18 bits per heavy atom. The lowest BCUT2D eigenvalue weighted by atomic mass is 10.2. The molecule has 1 aromatic rings. The fourth-order valence-electron chi connectivity index (χ4n) is 3.31. The summed E-state index contributed by atoms with van der Waals surface area (Å²) in [5, 5.41) is -0.420. The lowest BCUT2D eigenvalue weighted by molar-refractivity contribution is -0.134. The molecule has 1 aromatic carbocycles. The zero-order valence-electron chi connectivity index (χ0n) is 16.1. The number of carbonyl (C=O) groups is 2. The van der Waals surface area contributed by atoms with Gasteiger partial charge in [0, 0.05) is 45.4 Å². The molecule has 1 unspecified atom stereocenters. The zero-order chi connectivity index (χ0) is 20.1. The second kappa shape index (κ2) is 9.58. The van der Waals surface area contributed by atoms with Crippen LogP contribution in [0.1, 0.15) is 6.42 Å². The lowest BCUT2D eigenvalue weighted by Crippen LogP contribution is -2.49. The maximum Gasteiger partial charge on any atom is 0.242 e. The van der Waals surface area contributed by atoms with Gasteiger partial charge in [0.25, 0.3) is 0 Å². The van der Waals surface area contributed by atoms with Crippen molar-refractivity contribution in [3.8, 4) is 5.75 Å². The van der Waals surface area contributed by atoms with E-state index in [4.69, 9.17) is 21.7 Å². The quantitative estimate of drug-likeness (QED) is 0.618. The lowest BCUT2D eigenvalue weighted by Gasteiger charge is -2.36. The van der Waals surface area contributed by atoms with Gasteiger partial charge in [0.1, 0.15) is 10.1 Å². The minimum absolute atomic E-state index is 0.0108. The van der Waals surface area contributed by atoms with Crippen LogP contribution in [-0.2, 0) is 14.3 Å². The number of amides is 2. The third-order valence-electron chi connectivity index (χ3n) is 4.95. The summed E-state index contributed by atoms with van der Waals surface area (Å²) < 4.78 is 10.7. The minimum atomic E-state index is -0.420. The molecule has 0 N–H and O–H groups in total. The van der Waals surface area contributed by atoms with E-state index in [2.05, 4.69) is 4.90 Å². The van der Waals surface area contributed by atoms with Crippen molar-refractivity contribution in [1.82, 2.24) is 9.80 Å². The first-order valence-electron chi connectivity index (χ1n) is 9.21. The number of nitrogens with zero attached hydrogens (tertiary/aromatic N) is 3. The van der Waals surface area contributed by atoms with Gasteiger partial charge in [0.15, 0.2) is 0 Å². The number of ether oxygens (including phenoxy) is 2. The number of piperazine rings is 1. The minimum Gasteiger partial charge on any atom is -0.497 e. The largest absolute Gasteiger partial charge is 0.497 e. The average Bonchev–Trinajstić information content (AvgIpc) is 2.99. The van der Waals surface area contributed by atoms with Crippen LogP contribution in [0.3, 0.4) is 0 Å². The summed E-state index contributed by atoms with van der Waals surface area (Å²) in [6, 6.07) is 7.93. The third kappa shape index (κ3) is 4.76. The van der Waals surface area contributed by atoms with Crippen LogP contribution in [0.25, 0.3) is 0 Å². The molecule has 2 amide bonds. The van der Waals surface area contributed by atoms with E-state index in [0.717, 1.165) is 24.5 Å². The molecule has 9 heteroatoms. The van der Waals surface area contributed by atoms with Crippen molar-refractivity contribution in [2.75, 3.05) is 58.5 Å². The van der Waals surface area contributed by atoms with Gasteiger partial charge in [-0.3, -0.25) is 14.5 Å². The van der Waals surface area contributed by atoms with Crippen molar-refractivity contribution in [2.24, 2.45) is 0 Å². The molecule has 0 bridgehead atoms. The first kappa shape index (κ1) is 20.9. The van der Waals surface area contributed by atoms with Crippen molar-refractivity contribution < 1.29 is 19.1 Å². The standard InChI is InChI=1S/C19H25N3O4S2/c1-25-12-11-22-18(24)16(28-19(22)27)13-17(23)21-9-7-20(8-10-21)14-3-5-15(26-2)6-4-14/h3-6,16H,7-13H2,1-2H3. The van der Waals surface area contributed by atoms with E-state index < -0.39 is 5.25 Å². The second-order valence-corrected chi connectivity index (χ2v) is 8.46. The summed E-state index contributed by atoms with van der Waals surface area (Å²) in [5.74, 6) is 0.752. The topological polar surface area (TPSA) is 62.3 Å². The number of thiocarbonyl (C=S) groups is 1. The highest BCUT2D eigenvalue weighted by atomic mass is 32.2. The van der Waals surface area contributed by atoms with E-state index in [1.54, 1.807) is 19.1 Å². The van der Waals surface area contributed by atoms with E-state index in [1.165, 1.54) is 11.8 Å². The molecule has 7 nitrogen and oxygen atoms in total. The van der Waals surface area contributed by atoms with E-state index >= 15 is 0 Å². The Kier molecular flexibility index (Phi) is 7.14. The maximum atomic E-state index is 12.7. The number of anilines is 1. The van der Waals surface area contributed by atoms with Gasteiger partial charge in [-0.05, 0) is 24.3 Å². The van der Waals surface area contributed by atoms with Gasteiger partial charge in [0.2, 0.25) is 11.8 Å². The fourth-order valence-corrected chi connectivity index (χ4v) is 4.84. The predicted octanol–water partition coefficient (Wildman–Crippen LogP) is 1.61. The van der Waals surface area contributed by atoms with Crippen LogP contribution >= 0.6 is 24.0 Å². The summed E-state index contributed by atoms with van der Waals surface area (Å²) in [4.78, 5) is 30.8. The molecular formula is C19H25N3O4S2. The molecule has 28 heavy (non-hydrogen) atoms. The fraction of sp³-hybridized carbons (Fsp3) is 0.526. The number of methoxy groups -OCH3 is 2. The van der Waals surface area contributed by atoms with Gasteiger partial charge in [-0.15, -0.1) is 0 Å². The van der Waals surface area contributed by atoms with E-state index in [0.29, 0.717) is 30.6 Å². The summed E-state index contributed by atoms with van der Waals surface area (Å²) in [6.45, 7) is 3.69. The first-order chi connectivity index (χ1) is 13.5. The molecule has 0 saturated carbocycles. The molecule has 0 spiro atoms. The van der Waals surface area contributed by atoms with Gasteiger partial charge in [-0.1, -0.05) is 24.0 Å². The molecule has 2 fully saturated rings. The predicted molar refractivity (Wildman–Crippen MR) is 114 cm³/mol. The molecule has 0 aliphatic carbocycles. The van der Waals surface area contributed by atoms with Crippen LogP contribution in [0.2, 0.25) is 0 Å². The number of hydrogen-bond donors (Lipinski definition) is 0. The molecule has 2 aliphatic heterocycles. The second-order valence-electron chi connectivity index (χ2n) is 6.63. The number of thioether (sulfide) groups is 1. The number of carbonyl (C=O) groups excluding carboxylic acids is 2. The molecule has 2 saturated heterocycles. The van der Waals surface area contributed by atoms with Crippen LogP contribution < -0.4 is 9.64 Å². The normalized spacial score (nSPS) is 20.1. The van der Waals surface area contributed by atoms with Gasteiger partial charge < -0.3 is 19.3 Å². The first-order valence-corrected chi connectivity index (χ1v) is 10.5. The Bertz CT molecular complexity index is 720. The Balaban J connectivity index is 1.50. The van der Waals surface area contributed by atoms with Crippen LogP contribution in [-0.4, -0.2) is 84.7 Å². The van der Waals surface area contributed by atoms with Crippen LogP contribution in [0, 0.1) is 0 Å². The summed E-state index contributed by atoms with van der Waals surface area (Å²) in [6.07, 6.45) is 0.190.